The fourth-order valence-corrected chi connectivity index (χ4v) is 1.85. The summed E-state index contributed by atoms with van der Waals surface area (Å²) in [6.07, 6.45) is 1.51. The van der Waals surface area contributed by atoms with Gasteiger partial charge in [-0.1, -0.05) is 43.7 Å². The number of urea groups is 1. The quantitative estimate of drug-likeness (QED) is 0.841. The number of carboxylic acids is 1. The van der Waals surface area contributed by atoms with Crippen molar-refractivity contribution in [3.63, 3.8) is 0 Å². The monoisotopic (exact) mass is 292 g/mol. The second kappa shape index (κ2) is 8.04. The van der Waals surface area contributed by atoms with Crippen molar-refractivity contribution in [1.82, 2.24) is 10.2 Å². The summed E-state index contributed by atoms with van der Waals surface area (Å²) in [5, 5.41) is 11.6. The van der Waals surface area contributed by atoms with Crippen molar-refractivity contribution in [2.75, 3.05) is 6.54 Å². The summed E-state index contributed by atoms with van der Waals surface area (Å²) in [6, 6.07) is 6.50. The summed E-state index contributed by atoms with van der Waals surface area (Å²) in [4.78, 5) is 36.0. The fraction of sp³-hybridized carbons (Fsp3) is 0.400. The van der Waals surface area contributed by atoms with E-state index >= 15 is 0 Å². The van der Waals surface area contributed by atoms with Gasteiger partial charge in [0.05, 0.1) is 0 Å². The number of carboxylic acid groups (broad SMARTS) is 1. The van der Waals surface area contributed by atoms with Crippen LogP contribution in [0.5, 0.6) is 0 Å². The van der Waals surface area contributed by atoms with Crippen LogP contribution in [0.1, 0.15) is 38.3 Å². The van der Waals surface area contributed by atoms with Gasteiger partial charge in [-0.3, -0.25) is 9.69 Å². The van der Waals surface area contributed by atoms with Gasteiger partial charge in [0, 0.05) is 13.5 Å². The van der Waals surface area contributed by atoms with Crippen molar-refractivity contribution in [2.45, 2.75) is 32.7 Å². The van der Waals surface area contributed by atoms with Crippen molar-refractivity contribution >= 4 is 17.9 Å². The van der Waals surface area contributed by atoms with E-state index in [1.165, 1.54) is 6.92 Å². The third kappa shape index (κ3) is 4.91. The molecular formula is C15H20N2O4. The Morgan fingerprint density at radius 1 is 1.24 bits per heavy atom. The zero-order valence-electron chi connectivity index (χ0n) is 12.2. The molecule has 0 aliphatic heterocycles. The first kappa shape index (κ1) is 16.7. The molecule has 1 aromatic carbocycles. The average Bonchev–Trinajstić information content (AvgIpc) is 2.45. The summed E-state index contributed by atoms with van der Waals surface area (Å²) >= 11 is 0. The second-order valence-corrected chi connectivity index (χ2v) is 4.66. The van der Waals surface area contributed by atoms with Gasteiger partial charge < -0.3 is 10.4 Å². The number of unbranched alkanes of at least 4 members (excludes halogenated alkanes) is 1. The van der Waals surface area contributed by atoms with Crippen LogP contribution in [0.2, 0.25) is 0 Å². The van der Waals surface area contributed by atoms with Crippen molar-refractivity contribution in [2.24, 2.45) is 0 Å². The van der Waals surface area contributed by atoms with Crippen molar-refractivity contribution in [3.8, 4) is 0 Å². The van der Waals surface area contributed by atoms with Crippen LogP contribution >= 0.6 is 0 Å². The first-order chi connectivity index (χ1) is 9.97. The molecule has 6 heteroatoms. The van der Waals surface area contributed by atoms with E-state index < -0.39 is 23.9 Å². The zero-order valence-corrected chi connectivity index (χ0v) is 12.2. The van der Waals surface area contributed by atoms with E-state index in [1.54, 1.807) is 30.3 Å². The maximum Gasteiger partial charge on any atom is 0.330 e. The minimum absolute atomic E-state index is 0.277. The summed E-state index contributed by atoms with van der Waals surface area (Å²) < 4.78 is 0. The molecule has 114 valence electrons. The summed E-state index contributed by atoms with van der Waals surface area (Å²) in [7, 11) is 0. The van der Waals surface area contributed by atoms with Gasteiger partial charge in [0.25, 0.3) is 0 Å². The van der Waals surface area contributed by atoms with E-state index in [1.807, 2.05) is 6.92 Å². The molecule has 0 bridgehead atoms. The molecule has 21 heavy (non-hydrogen) atoms. The normalized spacial score (nSPS) is 11.5. The number of rotatable bonds is 6. The van der Waals surface area contributed by atoms with Gasteiger partial charge in [-0.15, -0.1) is 0 Å². The zero-order chi connectivity index (χ0) is 15.8. The van der Waals surface area contributed by atoms with Crippen LogP contribution in [0.3, 0.4) is 0 Å². The highest BCUT2D eigenvalue weighted by molar-refractivity contribution is 5.95. The molecule has 1 unspecified atom stereocenters. The molecule has 0 radical (unpaired) electrons. The summed E-state index contributed by atoms with van der Waals surface area (Å²) in [5.74, 6) is -1.58. The summed E-state index contributed by atoms with van der Waals surface area (Å²) in [6.45, 7) is 3.51. The van der Waals surface area contributed by atoms with Gasteiger partial charge in [-0.2, -0.15) is 0 Å². The Morgan fingerprint density at radius 2 is 1.86 bits per heavy atom. The minimum Gasteiger partial charge on any atom is -0.479 e. The Hall–Kier alpha value is -2.37. The van der Waals surface area contributed by atoms with E-state index in [2.05, 4.69) is 5.32 Å². The van der Waals surface area contributed by atoms with Gasteiger partial charge in [0.15, 0.2) is 6.04 Å². The Labute approximate surface area is 123 Å². The maximum atomic E-state index is 12.1. The van der Waals surface area contributed by atoms with Crippen LogP contribution < -0.4 is 5.32 Å². The van der Waals surface area contributed by atoms with E-state index in [0.717, 1.165) is 11.3 Å². The number of amides is 3. The van der Waals surface area contributed by atoms with E-state index in [4.69, 9.17) is 0 Å². The Kier molecular flexibility index (Phi) is 6.39. The molecule has 1 rings (SSSR count). The van der Waals surface area contributed by atoms with E-state index in [9.17, 15) is 19.5 Å². The first-order valence-corrected chi connectivity index (χ1v) is 6.83. The lowest BCUT2D eigenvalue weighted by molar-refractivity contribution is -0.139. The standard InChI is InChI=1S/C15H20N2O4/c1-3-4-10-17(11(2)18)15(21)16-13(14(19)20)12-8-6-5-7-9-12/h5-9,13H,3-4,10H2,1-2H3,(H,16,21)(H,19,20). The fourth-order valence-electron chi connectivity index (χ4n) is 1.85. The van der Waals surface area contributed by atoms with Crippen molar-refractivity contribution in [3.05, 3.63) is 35.9 Å². The van der Waals surface area contributed by atoms with Gasteiger partial charge >= 0.3 is 12.0 Å². The number of aliphatic carboxylic acids is 1. The molecule has 0 spiro atoms. The highest BCUT2D eigenvalue weighted by Gasteiger charge is 2.26. The molecule has 0 saturated heterocycles. The van der Waals surface area contributed by atoms with E-state index in [0.29, 0.717) is 12.0 Å². The molecular weight excluding hydrogens is 272 g/mol. The van der Waals surface area contributed by atoms with Crippen molar-refractivity contribution < 1.29 is 19.5 Å². The lowest BCUT2D eigenvalue weighted by atomic mass is 10.1. The molecule has 0 saturated carbocycles. The second-order valence-electron chi connectivity index (χ2n) is 4.66. The van der Waals surface area contributed by atoms with Crippen LogP contribution in [-0.2, 0) is 9.59 Å². The lowest BCUT2D eigenvalue weighted by Crippen LogP contribution is -2.46. The number of nitrogens with one attached hydrogen (secondary N) is 1. The SMILES string of the molecule is CCCCN(C(C)=O)C(=O)NC(C(=O)O)c1ccccc1. The number of benzene rings is 1. The highest BCUT2D eigenvalue weighted by atomic mass is 16.4. The third-order valence-electron chi connectivity index (χ3n) is 3.01. The Morgan fingerprint density at radius 3 is 2.33 bits per heavy atom. The molecule has 2 N–H and O–H groups in total. The van der Waals surface area contributed by atoms with Crippen LogP contribution in [0, 0.1) is 0 Å². The maximum absolute atomic E-state index is 12.1. The molecule has 0 aromatic heterocycles. The van der Waals surface area contributed by atoms with Crippen LogP contribution in [-0.4, -0.2) is 34.5 Å². The Balaban J connectivity index is 2.85. The molecule has 0 fully saturated rings. The number of nitrogens with zero attached hydrogens (tertiary/aromatic N) is 1. The topological polar surface area (TPSA) is 86.7 Å². The molecule has 1 atom stereocenters. The van der Waals surface area contributed by atoms with Crippen LogP contribution in [0.4, 0.5) is 4.79 Å². The van der Waals surface area contributed by atoms with Crippen LogP contribution in [0.15, 0.2) is 30.3 Å². The van der Waals surface area contributed by atoms with Crippen molar-refractivity contribution in [1.29, 1.82) is 0 Å². The van der Waals surface area contributed by atoms with Gasteiger partial charge in [-0.05, 0) is 12.0 Å². The number of carbonyl (C=O) groups excluding carboxylic acids is 2. The molecule has 0 aliphatic rings. The lowest BCUT2D eigenvalue weighted by Gasteiger charge is -2.22. The van der Waals surface area contributed by atoms with Gasteiger partial charge in [-0.25, -0.2) is 9.59 Å². The first-order valence-electron chi connectivity index (χ1n) is 6.83. The number of hydrogen-bond acceptors (Lipinski definition) is 3. The predicted octanol–water partition coefficient (Wildman–Crippen LogP) is 2.17. The third-order valence-corrected chi connectivity index (χ3v) is 3.01. The molecule has 1 aromatic rings. The number of hydrogen-bond donors (Lipinski definition) is 2. The molecule has 0 heterocycles. The molecule has 0 aliphatic carbocycles. The smallest absolute Gasteiger partial charge is 0.330 e. The Bertz CT molecular complexity index is 502. The van der Waals surface area contributed by atoms with Crippen LogP contribution in [0.25, 0.3) is 0 Å². The number of carbonyl (C=O) groups is 3. The summed E-state index contributed by atoms with van der Waals surface area (Å²) in [5.41, 5.74) is 0.456. The molecule has 6 nitrogen and oxygen atoms in total. The van der Waals surface area contributed by atoms with E-state index in [-0.39, 0.29) is 6.54 Å². The molecule has 3 amide bonds. The highest BCUT2D eigenvalue weighted by Crippen LogP contribution is 2.13. The average molecular weight is 292 g/mol. The minimum atomic E-state index is -1.18. The largest absolute Gasteiger partial charge is 0.479 e. The van der Waals surface area contributed by atoms with Gasteiger partial charge in [0.2, 0.25) is 5.91 Å². The van der Waals surface area contributed by atoms with Gasteiger partial charge in [0.1, 0.15) is 0 Å². The predicted molar refractivity (Wildman–Crippen MR) is 77.6 cm³/mol. The number of imide groups is 1.